The average molecular weight is 396 g/mol. The zero-order valence-corrected chi connectivity index (χ0v) is 14.3. The Kier molecular flexibility index (Phi) is 5.32. The van der Waals surface area contributed by atoms with Gasteiger partial charge in [0, 0.05) is 17.2 Å². The molecular formula is C14H9Cl2F2NO4S. The molecule has 24 heavy (non-hydrogen) atoms. The highest BCUT2D eigenvalue weighted by molar-refractivity contribution is 7.89. The Labute approximate surface area is 146 Å². The van der Waals surface area contributed by atoms with Crippen LogP contribution in [0, 0.1) is 11.6 Å². The largest absolute Gasteiger partial charge is 0.453 e. The molecule has 0 unspecified atom stereocenters. The highest BCUT2D eigenvalue weighted by atomic mass is 35.5. The fourth-order valence-electron chi connectivity index (χ4n) is 1.68. The first-order valence-electron chi connectivity index (χ1n) is 6.21. The third-order valence-electron chi connectivity index (χ3n) is 2.66. The van der Waals surface area contributed by atoms with E-state index >= 15 is 0 Å². The number of hydrogen-bond donors (Lipinski definition) is 1. The summed E-state index contributed by atoms with van der Waals surface area (Å²) in [5.41, 5.74) is -0.789. The first-order valence-corrected chi connectivity index (χ1v) is 8.85. The minimum absolute atomic E-state index is 0.0178. The molecule has 0 fully saturated rings. The van der Waals surface area contributed by atoms with E-state index in [-0.39, 0.29) is 15.8 Å². The second-order valence-electron chi connectivity index (χ2n) is 4.64. The van der Waals surface area contributed by atoms with Gasteiger partial charge in [-0.1, -0.05) is 23.2 Å². The summed E-state index contributed by atoms with van der Waals surface area (Å²) in [6.07, 6.45) is 0.706. The predicted octanol–water partition coefficient (Wildman–Crippen LogP) is 3.75. The minimum atomic E-state index is -3.92. The van der Waals surface area contributed by atoms with E-state index in [9.17, 15) is 22.0 Å². The van der Waals surface area contributed by atoms with Gasteiger partial charge in [-0.05, 0) is 18.2 Å². The molecule has 1 amide bonds. The first-order chi connectivity index (χ1) is 11.1. The predicted molar refractivity (Wildman–Crippen MR) is 85.2 cm³/mol. The van der Waals surface area contributed by atoms with Gasteiger partial charge in [0.2, 0.25) is 10.0 Å². The van der Waals surface area contributed by atoms with Crippen LogP contribution in [0.2, 0.25) is 10.0 Å². The molecule has 0 aliphatic rings. The normalized spacial score (nSPS) is 11.2. The van der Waals surface area contributed by atoms with Crippen molar-refractivity contribution >= 4 is 39.1 Å². The summed E-state index contributed by atoms with van der Waals surface area (Å²) < 4.78 is 56.7. The molecule has 2 aromatic rings. The number of sulfonamides is 1. The van der Waals surface area contributed by atoms with E-state index < -0.39 is 38.9 Å². The van der Waals surface area contributed by atoms with Crippen molar-refractivity contribution in [3.05, 3.63) is 57.6 Å². The second-order valence-corrected chi connectivity index (χ2v) is 7.23. The van der Waals surface area contributed by atoms with Crippen LogP contribution in [0.4, 0.5) is 8.78 Å². The summed E-state index contributed by atoms with van der Waals surface area (Å²) in [7, 11) is -3.92. The summed E-state index contributed by atoms with van der Waals surface area (Å²) in [6.45, 7) is 0. The Morgan fingerprint density at radius 2 is 1.75 bits per heavy atom. The van der Waals surface area contributed by atoms with Gasteiger partial charge >= 0.3 is 0 Å². The zero-order chi connectivity index (χ0) is 18.1. The van der Waals surface area contributed by atoms with Gasteiger partial charge in [-0.3, -0.25) is 4.79 Å². The number of halogens is 4. The molecule has 10 heteroatoms. The van der Waals surface area contributed by atoms with Crippen molar-refractivity contribution < 1.29 is 26.7 Å². The monoisotopic (exact) mass is 395 g/mol. The quantitative estimate of drug-likeness (QED) is 0.855. The van der Waals surface area contributed by atoms with Gasteiger partial charge in [0.25, 0.3) is 5.91 Å². The summed E-state index contributed by atoms with van der Waals surface area (Å²) in [5, 5.41) is 0.373. The Balaban J connectivity index is 2.36. The molecule has 128 valence electrons. The first kappa shape index (κ1) is 18.4. The molecule has 0 aromatic heterocycles. The standard InChI is InChI=1S/C14H9Cl2F2NO4S/c1-24(21,22)19-14(20)8-5-11(18)13(6-10(8)17)23-12-4-7(15)2-3-9(12)16/h2-6H,1H3,(H,19,20). The molecule has 0 atom stereocenters. The van der Waals surface area contributed by atoms with E-state index in [1.54, 1.807) is 0 Å². The number of ether oxygens (including phenoxy) is 1. The molecule has 2 aromatic carbocycles. The Morgan fingerprint density at radius 1 is 1.08 bits per heavy atom. The van der Waals surface area contributed by atoms with Crippen molar-refractivity contribution in [2.45, 2.75) is 0 Å². The number of hydrogen-bond acceptors (Lipinski definition) is 4. The van der Waals surface area contributed by atoms with Crippen molar-refractivity contribution in [3.8, 4) is 11.5 Å². The summed E-state index contributed by atoms with van der Waals surface area (Å²) in [5.74, 6) is -4.14. The molecule has 5 nitrogen and oxygen atoms in total. The number of benzene rings is 2. The van der Waals surface area contributed by atoms with Crippen LogP contribution in [0.1, 0.15) is 10.4 Å². The fourth-order valence-corrected chi connectivity index (χ4v) is 2.44. The Bertz CT molecular complexity index is 919. The van der Waals surface area contributed by atoms with Crippen LogP contribution in [-0.4, -0.2) is 20.6 Å². The maximum Gasteiger partial charge on any atom is 0.267 e. The van der Waals surface area contributed by atoms with Gasteiger partial charge in [-0.2, -0.15) is 0 Å². The van der Waals surface area contributed by atoms with Crippen LogP contribution < -0.4 is 9.46 Å². The number of amides is 1. The van der Waals surface area contributed by atoms with Gasteiger partial charge in [0.05, 0.1) is 16.8 Å². The van der Waals surface area contributed by atoms with Crippen molar-refractivity contribution in [1.29, 1.82) is 0 Å². The van der Waals surface area contributed by atoms with Crippen molar-refractivity contribution in [2.24, 2.45) is 0 Å². The zero-order valence-electron chi connectivity index (χ0n) is 11.9. The van der Waals surface area contributed by atoms with E-state index in [1.165, 1.54) is 22.9 Å². The van der Waals surface area contributed by atoms with Crippen LogP contribution in [0.15, 0.2) is 30.3 Å². The molecule has 1 N–H and O–H groups in total. The lowest BCUT2D eigenvalue weighted by Gasteiger charge is -2.11. The number of carbonyl (C=O) groups excluding carboxylic acids is 1. The maximum atomic E-state index is 14.0. The molecule has 0 aliphatic heterocycles. The van der Waals surface area contributed by atoms with Gasteiger partial charge < -0.3 is 4.74 Å². The molecule has 0 bridgehead atoms. The Hall–Kier alpha value is -1.90. The summed E-state index contributed by atoms with van der Waals surface area (Å²) in [4.78, 5) is 11.6. The average Bonchev–Trinajstić information content (AvgIpc) is 2.44. The van der Waals surface area contributed by atoms with Crippen LogP contribution in [0.5, 0.6) is 11.5 Å². The topological polar surface area (TPSA) is 72.5 Å². The van der Waals surface area contributed by atoms with Gasteiger partial charge in [-0.15, -0.1) is 0 Å². The second kappa shape index (κ2) is 6.92. The highest BCUT2D eigenvalue weighted by Gasteiger charge is 2.20. The summed E-state index contributed by atoms with van der Waals surface area (Å²) in [6, 6.07) is 5.30. The SMILES string of the molecule is CS(=O)(=O)NC(=O)c1cc(F)c(Oc2cc(Cl)ccc2Cl)cc1F. The van der Waals surface area contributed by atoms with E-state index in [0.717, 1.165) is 0 Å². The molecule has 2 rings (SSSR count). The molecule has 0 radical (unpaired) electrons. The molecule has 0 spiro atoms. The van der Waals surface area contributed by atoms with E-state index in [0.29, 0.717) is 18.4 Å². The molecule has 0 saturated carbocycles. The summed E-state index contributed by atoms with van der Waals surface area (Å²) >= 11 is 11.6. The molecule has 0 saturated heterocycles. The lowest BCUT2D eigenvalue weighted by molar-refractivity contribution is 0.0977. The molecule has 0 heterocycles. The van der Waals surface area contributed by atoms with Gasteiger partial charge in [-0.25, -0.2) is 21.9 Å². The molecular weight excluding hydrogens is 387 g/mol. The maximum absolute atomic E-state index is 14.0. The van der Waals surface area contributed by atoms with Gasteiger partial charge in [0.1, 0.15) is 11.6 Å². The van der Waals surface area contributed by atoms with Crippen molar-refractivity contribution in [2.75, 3.05) is 6.26 Å². The lowest BCUT2D eigenvalue weighted by Crippen LogP contribution is -2.30. The molecule has 0 aliphatic carbocycles. The van der Waals surface area contributed by atoms with Crippen LogP contribution >= 0.6 is 23.2 Å². The van der Waals surface area contributed by atoms with E-state index in [1.807, 2.05) is 0 Å². The minimum Gasteiger partial charge on any atom is -0.453 e. The third-order valence-corrected chi connectivity index (χ3v) is 3.76. The van der Waals surface area contributed by atoms with E-state index in [2.05, 4.69) is 0 Å². The van der Waals surface area contributed by atoms with Crippen LogP contribution in [0.3, 0.4) is 0 Å². The van der Waals surface area contributed by atoms with Crippen LogP contribution in [0.25, 0.3) is 0 Å². The number of rotatable bonds is 4. The smallest absolute Gasteiger partial charge is 0.267 e. The van der Waals surface area contributed by atoms with Crippen molar-refractivity contribution in [3.63, 3.8) is 0 Å². The fraction of sp³-hybridized carbons (Fsp3) is 0.0714. The van der Waals surface area contributed by atoms with Crippen molar-refractivity contribution in [1.82, 2.24) is 4.72 Å². The number of carbonyl (C=O) groups is 1. The third kappa shape index (κ3) is 4.56. The Morgan fingerprint density at radius 3 is 2.38 bits per heavy atom. The lowest BCUT2D eigenvalue weighted by atomic mass is 10.2. The van der Waals surface area contributed by atoms with Gasteiger partial charge in [0.15, 0.2) is 11.6 Å². The number of nitrogens with one attached hydrogen (secondary N) is 1. The van der Waals surface area contributed by atoms with Crippen LogP contribution in [-0.2, 0) is 10.0 Å². The van der Waals surface area contributed by atoms with E-state index in [4.69, 9.17) is 27.9 Å². The highest BCUT2D eigenvalue weighted by Crippen LogP contribution is 2.33.